The van der Waals surface area contributed by atoms with Crippen molar-refractivity contribution < 1.29 is 9.18 Å². The molecule has 92 valence electrons. The standard InChI is InChI=1S/C13H8BrClFNO/c14-9-3-1-2-8(6-9)13(18)17-10-4-5-11(15)12(16)7-10/h1-7H,(H,17,18). The van der Waals surface area contributed by atoms with Gasteiger partial charge in [-0.3, -0.25) is 4.79 Å². The van der Waals surface area contributed by atoms with Crippen LogP contribution < -0.4 is 5.32 Å². The van der Waals surface area contributed by atoms with E-state index in [4.69, 9.17) is 11.6 Å². The summed E-state index contributed by atoms with van der Waals surface area (Å²) in [4.78, 5) is 11.9. The van der Waals surface area contributed by atoms with E-state index >= 15 is 0 Å². The zero-order valence-electron chi connectivity index (χ0n) is 9.08. The van der Waals surface area contributed by atoms with Crippen molar-refractivity contribution in [3.63, 3.8) is 0 Å². The van der Waals surface area contributed by atoms with Gasteiger partial charge in [-0.2, -0.15) is 0 Å². The summed E-state index contributed by atoms with van der Waals surface area (Å²) in [5, 5.41) is 2.62. The van der Waals surface area contributed by atoms with Gasteiger partial charge in [-0.25, -0.2) is 4.39 Å². The summed E-state index contributed by atoms with van der Waals surface area (Å²) in [6.07, 6.45) is 0. The van der Waals surface area contributed by atoms with Crippen LogP contribution in [0.4, 0.5) is 10.1 Å². The molecule has 2 rings (SSSR count). The molecule has 0 spiro atoms. The van der Waals surface area contributed by atoms with Crippen molar-refractivity contribution in [2.75, 3.05) is 5.32 Å². The Morgan fingerprint density at radius 3 is 2.67 bits per heavy atom. The van der Waals surface area contributed by atoms with Crippen molar-refractivity contribution in [3.8, 4) is 0 Å². The lowest BCUT2D eigenvalue weighted by Crippen LogP contribution is -2.11. The molecule has 5 heteroatoms. The molecule has 2 aromatic rings. The summed E-state index contributed by atoms with van der Waals surface area (Å²) >= 11 is 8.84. The predicted molar refractivity (Wildman–Crippen MR) is 73.5 cm³/mol. The van der Waals surface area contributed by atoms with Crippen LogP contribution in [0.2, 0.25) is 5.02 Å². The van der Waals surface area contributed by atoms with E-state index in [1.807, 2.05) is 6.07 Å². The molecular weight excluding hydrogens is 321 g/mol. The van der Waals surface area contributed by atoms with E-state index in [0.717, 1.165) is 4.47 Å². The van der Waals surface area contributed by atoms with E-state index in [9.17, 15) is 9.18 Å². The zero-order valence-corrected chi connectivity index (χ0v) is 11.4. The molecule has 0 aromatic heterocycles. The summed E-state index contributed by atoms with van der Waals surface area (Å²) in [7, 11) is 0. The fraction of sp³-hybridized carbons (Fsp3) is 0. The minimum Gasteiger partial charge on any atom is -0.322 e. The number of rotatable bonds is 2. The highest BCUT2D eigenvalue weighted by molar-refractivity contribution is 9.10. The van der Waals surface area contributed by atoms with Gasteiger partial charge in [-0.1, -0.05) is 33.6 Å². The summed E-state index contributed by atoms with van der Waals surface area (Å²) in [6, 6.07) is 11.0. The number of halogens is 3. The number of hydrogen-bond donors (Lipinski definition) is 1. The maximum atomic E-state index is 13.2. The second-order valence-corrected chi connectivity index (χ2v) is 4.92. The average molecular weight is 329 g/mol. The number of amides is 1. The number of nitrogens with one attached hydrogen (secondary N) is 1. The molecule has 0 aliphatic carbocycles. The highest BCUT2D eigenvalue weighted by atomic mass is 79.9. The Kier molecular flexibility index (Phi) is 3.99. The van der Waals surface area contributed by atoms with Gasteiger partial charge in [0.25, 0.3) is 5.91 Å². The molecule has 0 fully saturated rings. The number of carbonyl (C=O) groups excluding carboxylic acids is 1. The van der Waals surface area contributed by atoms with Crippen LogP contribution in [-0.4, -0.2) is 5.91 Å². The van der Waals surface area contributed by atoms with Crippen LogP contribution in [0.5, 0.6) is 0 Å². The Balaban J connectivity index is 2.18. The predicted octanol–water partition coefficient (Wildman–Crippen LogP) is 4.49. The molecule has 0 radical (unpaired) electrons. The monoisotopic (exact) mass is 327 g/mol. The maximum absolute atomic E-state index is 13.2. The van der Waals surface area contributed by atoms with Crippen molar-refractivity contribution in [3.05, 3.63) is 63.3 Å². The quantitative estimate of drug-likeness (QED) is 0.864. The SMILES string of the molecule is O=C(Nc1ccc(Cl)c(F)c1)c1cccc(Br)c1. The molecule has 0 bridgehead atoms. The Hall–Kier alpha value is -1.39. The van der Waals surface area contributed by atoms with Crippen molar-refractivity contribution in [1.29, 1.82) is 0 Å². The molecule has 0 aliphatic heterocycles. The van der Waals surface area contributed by atoms with Gasteiger partial charge in [0, 0.05) is 15.7 Å². The number of benzene rings is 2. The van der Waals surface area contributed by atoms with E-state index in [0.29, 0.717) is 11.3 Å². The van der Waals surface area contributed by atoms with Gasteiger partial charge in [-0.15, -0.1) is 0 Å². The zero-order chi connectivity index (χ0) is 13.1. The van der Waals surface area contributed by atoms with Crippen LogP contribution in [0.15, 0.2) is 46.9 Å². The lowest BCUT2D eigenvalue weighted by atomic mass is 10.2. The molecule has 0 atom stereocenters. The highest BCUT2D eigenvalue weighted by Crippen LogP contribution is 2.19. The molecule has 1 N–H and O–H groups in total. The fourth-order valence-electron chi connectivity index (χ4n) is 1.41. The van der Waals surface area contributed by atoms with Crippen LogP contribution in [0.3, 0.4) is 0 Å². The molecule has 0 aliphatic rings. The molecule has 0 heterocycles. The van der Waals surface area contributed by atoms with Gasteiger partial charge >= 0.3 is 0 Å². The molecule has 18 heavy (non-hydrogen) atoms. The van der Waals surface area contributed by atoms with Gasteiger partial charge in [0.05, 0.1) is 5.02 Å². The Labute approximate surface area is 117 Å². The molecule has 2 nitrogen and oxygen atoms in total. The largest absolute Gasteiger partial charge is 0.322 e. The van der Waals surface area contributed by atoms with Crippen LogP contribution in [0, 0.1) is 5.82 Å². The second kappa shape index (κ2) is 5.50. The summed E-state index contributed by atoms with van der Waals surface area (Å²) in [6.45, 7) is 0. The first-order valence-electron chi connectivity index (χ1n) is 5.08. The molecular formula is C13H8BrClFNO. The third kappa shape index (κ3) is 3.09. The maximum Gasteiger partial charge on any atom is 0.255 e. The molecule has 2 aromatic carbocycles. The van der Waals surface area contributed by atoms with Crippen LogP contribution in [-0.2, 0) is 0 Å². The van der Waals surface area contributed by atoms with Crippen molar-refractivity contribution in [2.45, 2.75) is 0 Å². The Morgan fingerprint density at radius 1 is 1.22 bits per heavy atom. The second-order valence-electron chi connectivity index (χ2n) is 3.59. The minimum absolute atomic E-state index is 0.0236. The highest BCUT2D eigenvalue weighted by Gasteiger charge is 2.08. The van der Waals surface area contributed by atoms with E-state index in [1.165, 1.54) is 12.1 Å². The molecule has 0 saturated carbocycles. The van der Waals surface area contributed by atoms with E-state index in [2.05, 4.69) is 21.2 Å². The first kappa shape index (κ1) is 13.1. The summed E-state index contributed by atoms with van der Waals surface area (Å²) in [5.41, 5.74) is 0.849. The Morgan fingerprint density at radius 2 is 2.00 bits per heavy atom. The van der Waals surface area contributed by atoms with Gasteiger partial charge < -0.3 is 5.32 Å². The third-order valence-electron chi connectivity index (χ3n) is 2.26. The molecule has 0 saturated heterocycles. The lowest BCUT2D eigenvalue weighted by molar-refractivity contribution is 0.102. The van der Waals surface area contributed by atoms with Crippen molar-refractivity contribution in [2.24, 2.45) is 0 Å². The lowest BCUT2D eigenvalue weighted by Gasteiger charge is -2.06. The summed E-state index contributed by atoms with van der Waals surface area (Å²) < 4.78 is 14.0. The minimum atomic E-state index is -0.566. The van der Waals surface area contributed by atoms with Gasteiger partial charge in [0.2, 0.25) is 0 Å². The van der Waals surface area contributed by atoms with Crippen molar-refractivity contribution >= 4 is 39.1 Å². The first-order valence-corrected chi connectivity index (χ1v) is 6.25. The van der Waals surface area contributed by atoms with E-state index in [1.54, 1.807) is 24.3 Å². The average Bonchev–Trinajstić information content (AvgIpc) is 2.34. The van der Waals surface area contributed by atoms with Crippen LogP contribution in [0.25, 0.3) is 0 Å². The van der Waals surface area contributed by atoms with Gasteiger partial charge in [0.1, 0.15) is 5.82 Å². The number of hydrogen-bond acceptors (Lipinski definition) is 1. The number of carbonyl (C=O) groups is 1. The Bertz CT molecular complexity index is 603. The van der Waals surface area contributed by atoms with Gasteiger partial charge in [0.15, 0.2) is 0 Å². The van der Waals surface area contributed by atoms with Crippen LogP contribution in [0.1, 0.15) is 10.4 Å². The third-order valence-corrected chi connectivity index (χ3v) is 3.06. The van der Waals surface area contributed by atoms with E-state index in [-0.39, 0.29) is 10.9 Å². The van der Waals surface area contributed by atoms with E-state index < -0.39 is 5.82 Å². The summed E-state index contributed by atoms with van der Waals surface area (Å²) in [5.74, 6) is -0.873. The van der Waals surface area contributed by atoms with Gasteiger partial charge in [-0.05, 0) is 36.4 Å². The first-order chi connectivity index (χ1) is 8.56. The molecule has 0 unspecified atom stereocenters. The van der Waals surface area contributed by atoms with Crippen LogP contribution >= 0.6 is 27.5 Å². The fourth-order valence-corrected chi connectivity index (χ4v) is 1.92. The van der Waals surface area contributed by atoms with Crippen molar-refractivity contribution in [1.82, 2.24) is 0 Å². The molecule has 1 amide bonds. The number of anilines is 1. The smallest absolute Gasteiger partial charge is 0.255 e. The topological polar surface area (TPSA) is 29.1 Å². The normalized spacial score (nSPS) is 10.2.